The Morgan fingerprint density at radius 3 is 2.39 bits per heavy atom. The molecule has 0 spiro atoms. The first kappa shape index (κ1) is 19.2. The van der Waals surface area contributed by atoms with Crippen LogP contribution in [0.2, 0.25) is 0 Å². The molecule has 1 N–H and O–H groups in total. The first-order chi connectivity index (χ1) is 13.8. The number of amides is 1. The number of nitrogens with one attached hydrogen (secondary N) is 1. The molecule has 0 aromatic heterocycles. The summed E-state index contributed by atoms with van der Waals surface area (Å²) in [7, 11) is 0. The van der Waals surface area contributed by atoms with E-state index in [9.17, 15) is 4.79 Å². The number of benzene rings is 3. The number of hydrogen-bond acceptors (Lipinski definition) is 4. The molecule has 0 aliphatic rings. The number of nitrogens with zero attached hydrogens (tertiary/aromatic N) is 1. The first-order valence-corrected chi connectivity index (χ1v) is 9.08. The number of hydrogen-bond donors (Lipinski definition) is 1. The highest BCUT2D eigenvalue weighted by Crippen LogP contribution is 2.17. The van der Waals surface area contributed by atoms with Crippen molar-refractivity contribution in [3.63, 3.8) is 0 Å². The average Bonchev–Trinajstić information content (AvgIpc) is 2.74. The van der Waals surface area contributed by atoms with Crippen molar-refractivity contribution in [2.45, 2.75) is 13.5 Å². The fourth-order valence-corrected chi connectivity index (χ4v) is 2.55. The SMILES string of the molecule is CCOc1ccc(C(=O)N/N=C\c2ccccc2OCc2ccccc2)cc1. The summed E-state index contributed by atoms with van der Waals surface area (Å²) in [5.41, 5.74) is 4.91. The quantitative estimate of drug-likeness (QED) is 0.469. The number of hydrazone groups is 1. The standard InChI is InChI=1S/C23H22N2O3/c1-2-27-21-14-12-19(13-15-21)23(26)25-24-16-20-10-6-7-11-22(20)28-17-18-8-4-3-5-9-18/h3-16H,2,17H2,1H3,(H,25,26)/b24-16-. The fourth-order valence-electron chi connectivity index (χ4n) is 2.55. The maximum absolute atomic E-state index is 12.2. The lowest BCUT2D eigenvalue weighted by molar-refractivity contribution is 0.0955. The molecule has 0 aliphatic carbocycles. The molecule has 3 aromatic rings. The van der Waals surface area contributed by atoms with Crippen LogP contribution in [0.3, 0.4) is 0 Å². The summed E-state index contributed by atoms with van der Waals surface area (Å²) < 4.78 is 11.3. The molecule has 0 unspecified atom stereocenters. The number of rotatable bonds is 8. The van der Waals surface area contributed by atoms with Crippen molar-refractivity contribution in [3.05, 3.63) is 95.6 Å². The van der Waals surface area contributed by atoms with Crippen LogP contribution in [0.4, 0.5) is 0 Å². The summed E-state index contributed by atoms with van der Waals surface area (Å²) >= 11 is 0. The second-order valence-electron chi connectivity index (χ2n) is 5.97. The number of ether oxygens (including phenoxy) is 2. The Morgan fingerprint density at radius 1 is 0.929 bits per heavy atom. The summed E-state index contributed by atoms with van der Waals surface area (Å²) in [4.78, 5) is 12.2. The summed E-state index contributed by atoms with van der Waals surface area (Å²) in [6, 6.07) is 24.4. The van der Waals surface area contributed by atoms with Gasteiger partial charge in [-0.1, -0.05) is 42.5 Å². The second-order valence-corrected chi connectivity index (χ2v) is 5.97. The van der Waals surface area contributed by atoms with Crippen LogP contribution in [0, 0.1) is 0 Å². The zero-order valence-electron chi connectivity index (χ0n) is 15.7. The van der Waals surface area contributed by atoms with Crippen LogP contribution in [-0.4, -0.2) is 18.7 Å². The average molecular weight is 374 g/mol. The largest absolute Gasteiger partial charge is 0.494 e. The van der Waals surface area contributed by atoms with Gasteiger partial charge in [0, 0.05) is 11.1 Å². The maximum atomic E-state index is 12.2. The van der Waals surface area contributed by atoms with E-state index >= 15 is 0 Å². The van der Waals surface area contributed by atoms with E-state index in [0.29, 0.717) is 24.5 Å². The van der Waals surface area contributed by atoms with E-state index < -0.39 is 0 Å². The molecule has 0 radical (unpaired) electrons. The van der Waals surface area contributed by atoms with Gasteiger partial charge in [0.2, 0.25) is 0 Å². The van der Waals surface area contributed by atoms with Crippen LogP contribution in [0.5, 0.6) is 11.5 Å². The molecule has 0 aliphatic heterocycles. The minimum atomic E-state index is -0.290. The number of carbonyl (C=O) groups excluding carboxylic acids is 1. The molecule has 1 amide bonds. The minimum Gasteiger partial charge on any atom is -0.494 e. The highest BCUT2D eigenvalue weighted by Gasteiger charge is 2.05. The lowest BCUT2D eigenvalue weighted by Crippen LogP contribution is -2.17. The molecule has 3 rings (SSSR count). The lowest BCUT2D eigenvalue weighted by atomic mass is 10.2. The van der Waals surface area contributed by atoms with Crippen LogP contribution in [0.15, 0.2) is 84.0 Å². The predicted octanol–water partition coefficient (Wildman–Crippen LogP) is 4.43. The second kappa shape index (κ2) is 9.92. The fraction of sp³-hybridized carbons (Fsp3) is 0.130. The summed E-state index contributed by atoms with van der Waals surface area (Å²) in [5.74, 6) is 1.14. The Morgan fingerprint density at radius 2 is 1.64 bits per heavy atom. The van der Waals surface area contributed by atoms with Gasteiger partial charge >= 0.3 is 0 Å². The summed E-state index contributed by atoms with van der Waals surface area (Å²) in [6.07, 6.45) is 1.58. The van der Waals surface area contributed by atoms with Crippen molar-refractivity contribution in [3.8, 4) is 11.5 Å². The van der Waals surface area contributed by atoms with Crippen LogP contribution in [0.1, 0.15) is 28.4 Å². The first-order valence-electron chi connectivity index (χ1n) is 9.08. The van der Waals surface area contributed by atoms with Crippen molar-refractivity contribution < 1.29 is 14.3 Å². The Labute approximate surface area is 164 Å². The van der Waals surface area contributed by atoms with Gasteiger partial charge in [-0.25, -0.2) is 5.43 Å². The molecule has 0 saturated carbocycles. The highest BCUT2D eigenvalue weighted by molar-refractivity contribution is 5.95. The van der Waals surface area contributed by atoms with E-state index in [1.165, 1.54) is 0 Å². The normalized spacial score (nSPS) is 10.6. The van der Waals surface area contributed by atoms with Crippen molar-refractivity contribution in [1.29, 1.82) is 0 Å². The van der Waals surface area contributed by atoms with Crippen LogP contribution in [0.25, 0.3) is 0 Å². The third-order valence-corrected chi connectivity index (χ3v) is 3.95. The molecular weight excluding hydrogens is 352 g/mol. The van der Waals surface area contributed by atoms with E-state index in [2.05, 4.69) is 10.5 Å². The van der Waals surface area contributed by atoms with Crippen molar-refractivity contribution in [2.75, 3.05) is 6.61 Å². The van der Waals surface area contributed by atoms with E-state index in [0.717, 1.165) is 16.9 Å². The third-order valence-electron chi connectivity index (χ3n) is 3.95. The molecule has 5 heteroatoms. The molecule has 28 heavy (non-hydrogen) atoms. The molecule has 5 nitrogen and oxygen atoms in total. The van der Waals surface area contributed by atoms with Gasteiger partial charge in [0.25, 0.3) is 5.91 Å². The van der Waals surface area contributed by atoms with Gasteiger partial charge < -0.3 is 9.47 Å². The highest BCUT2D eigenvalue weighted by atomic mass is 16.5. The zero-order chi connectivity index (χ0) is 19.6. The smallest absolute Gasteiger partial charge is 0.271 e. The Balaban J connectivity index is 1.60. The molecule has 0 saturated heterocycles. The molecule has 0 bridgehead atoms. The Hall–Kier alpha value is -3.60. The van der Waals surface area contributed by atoms with Gasteiger partial charge in [-0.3, -0.25) is 4.79 Å². The molecule has 3 aromatic carbocycles. The predicted molar refractivity (Wildman–Crippen MR) is 110 cm³/mol. The Bertz CT molecular complexity index is 922. The molecular formula is C23H22N2O3. The van der Waals surface area contributed by atoms with E-state index in [4.69, 9.17) is 9.47 Å². The van der Waals surface area contributed by atoms with Gasteiger partial charge in [-0.05, 0) is 48.9 Å². The van der Waals surface area contributed by atoms with Crippen LogP contribution in [-0.2, 0) is 6.61 Å². The monoisotopic (exact) mass is 374 g/mol. The van der Waals surface area contributed by atoms with E-state index in [1.807, 2.05) is 61.5 Å². The molecule has 0 atom stereocenters. The molecule has 142 valence electrons. The lowest BCUT2D eigenvalue weighted by Gasteiger charge is -2.09. The van der Waals surface area contributed by atoms with E-state index in [1.54, 1.807) is 30.5 Å². The van der Waals surface area contributed by atoms with Crippen LogP contribution < -0.4 is 14.9 Å². The van der Waals surface area contributed by atoms with E-state index in [-0.39, 0.29) is 5.91 Å². The minimum absolute atomic E-state index is 0.290. The Kier molecular flexibility index (Phi) is 6.79. The summed E-state index contributed by atoms with van der Waals surface area (Å²) in [6.45, 7) is 2.96. The van der Waals surface area contributed by atoms with Gasteiger partial charge in [0.1, 0.15) is 18.1 Å². The third kappa shape index (κ3) is 5.45. The topological polar surface area (TPSA) is 59.9 Å². The van der Waals surface area contributed by atoms with Crippen molar-refractivity contribution >= 4 is 12.1 Å². The van der Waals surface area contributed by atoms with Gasteiger partial charge in [0.05, 0.1) is 12.8 Å². The zero-order valence-corrected chi connectivity index (χ0v) is 15.7. The molecule has 0 heterocycles. The summed E-state index contributed by atoms with van der Waals surface area (Å²) in [5, 5.41) is 4.06. The van der Waals surface area contributed by atoms with Gasteiger partial charge in [-0.15, -0.1) is 0 Å². The van der Waals surface area contributed by atoms with Gasteiger partial charge in [-0.2, -0.15) is 5.10 Å². The van der Waals surface area contributed by atoms with Crippen molar-refractivity contribution in [2.24, 2.45) is 5.10 Å². The van der Waals surface area contributed by atoms with Crippen LogP contribution >= 0.6 is 0 Å². The molecule has 0 fully saturated rings. The van der Waals surface area contributed by atoms with Crippen molar-refractivity contribution in [1.82, 2.24) is 5.43 Å². The number of carbonyl (C=O) groups is 1. The number of para-hydroxylation sites is 1. The van der Waals surface area contributed by atoms with Gasteiger partial charge in [0.15, 0.2) is 0 Å². The maximum Gasteiger partial charge on any atom is 0.271 e.